The number of ether oxygens (including phenoxy) is 1. The van der Waals surface area contributed by atoms with Crippen LogP contribution >= 0.6 is 35.4 Å². The lowest BCUT2D eigenvalue weighted by molar-refractivity contribution is -0.119. The average Bonchev–Trinajstić information content (AvgIpc) is 2.52. The van der Waals surface area contributed by atoms with Crippen LogP contribution in [0.4, 0.5) is 0 Å². The number of thiocarbonyl (C=S) groups is 1. The predicted octanol–water partition coefficient (Wildman–Crippen LogP) is 2.88. The minimum Gasteiger partial charge on any atom is -0.385 e. The van der Waals surface area contributed by atoms with Gasteiger partial charge in [-0.05, 0) is 36.3 Å². The van der Waals surface area contributed by atoms with Crippen molar-refractivity contribution in [2.24, 2.45) is 0 Å². The number of hydrogen-bond acceptors (Lipinski definition) is 3. The minimum absolute atomic E-state index is 0.329. The summed E-state index contributed by atoms with van der Waals surface area (Å²) in [5, 5.41) is 5.71. The predicted molar refractivity (Wildman–Crippen MR) is 98.5 cm³/mol. The molecule has 0 heterocycles. The summed E-state index contributed by atoms with van der Waals surface area (Å²) in [6.45, 7) is 1.32. The van der Waals surface area contributed by atoms with Crippen molar-refractivity contribution in [3.63, 3.8) is 0 Å². The molecule has 1 aromatic carbocycles. The molecule has 126 valence electrons. The van der Waals surface area contributed by atoms with E-state index in [2.05, 4.69) is 10.7 Å². The molecule has 1 rings (SSSR count). The highest BCUT2D eigenvalue weighted by molar-refractivity contribution is 7.80. The van der Waals surface area contributed by atoms with Gasteiger partial charge in [-0.15, -0.1) is 0 Å². The second kappa shape index (κ2) is 10.4. The van der Waals surface area contributed by atoms with Gasteiger partial charge in [0.05, 0.1) is 10.0 Å². The van der Waals surface area contributed by atoms with Crippen molar-refractivity contribution >= 4 is 52.5 Å². The third kappa shape index (κ3) is 7.18. The summed E-state index contributed by atoms with van der Waals surface area (Å²) in [5.74, 6) is -0.329. The smallest absolute Gasteiger partial charge is 0.262 e. The van der Waals surface area contributed by atoms with Gasteiger partial charge in [-0.3, -0.25) is 15.2 Å². The van der Waals surface area contributed by atoms with E-state index in [0.717, 1.165) is 6.42 Å². The Labute approximate surface area is 151 Å². The molecule has 0 unspecified atom stereocenters. The number of benzene rings is 1. The van der Waals surface area contributed by atoms with E-state index in [9.17, 15) is 4.79 Å². The van der Waals surface area contributed by atoms with Crippen molar-refractivity contribution in [2.45, 2.75) is 6.42 Å². The van der Waals surface area contributed by atoms with Crippen LogP contribution in [-0.2, 0) is 9.53 Å². The van der Waals surface area contributed by atoms with Gasteiger partial charge in [-0.25, -0.2) is 0 Å². The van der Waals surface area contributed by atoms with Crippen LogP contribution in [0.1, 0.15) is 12.0 Å². The van der Waals surface area contributed by atoms with Crippen LogP contribution in [0.25, 0.3) is 6.08 Å². The molecular formula is C15H19Cl2N3O2S. The Balaban J connectivity index is 2.47. The molecule has 1 amide bonds. The van der Waals surface area contributed by atoms with E-state index in [1.807, 2.05) is 0 Å². The zero-order valence-corrected chi connectivity index (χ0v) is 15.3. The summed E-state index contributed by atoms with van der Waals surface area (Å²) in [4.78, 5) is 11.9. The molecule has 0 spiro atoms. The van der Waals surface area contributed by atoms with E-state index in [-0.39, 0.29) is 5.91 Å². The zero-order chi connectivity index (χ0) is 17.2. The fourth-order valence-corrected chi connectivity index (χ4v) is 2.12. The summed E-state index contributed by atoms with van der Waals surface area (Å²) in [6, 6.07) is 5.21. The molecule has 2 N–H and O–H groups in total. The lowest BCUT2D eigenvalue weighted by Crippen LogP contribution is -2.47. The highest BCUT2D eigenvalue weighted by atomic mass is 35.5. The Morgan fingerprint density at radius 2 is 2.17 bits per heavy atom. The number of carbonyl (C=O) groups is 1. The molecule has 23 heavy (non-hydrogen) atoms. The van der Waals surface area contributed by atoms with Crippen LogP contribution in [0.3, 0.4) is 0 Å². The number of rotatable bonds is 6. The van der Waals surface area contributed by atoms with E-state index in [0.29, 0.717) is 33.9 Å². The minimum atomic E-state index is -0.329. The molecule has 0 aromatic heterocycles. The van der Waals surface area contributed by atoms with Crippen LogP contribution in [0, 0.1) is 0 Å². The maximum atomic E-state index is 11.9. The largest absolute Gasteiger partial charge is 0.385 e. The molecule has 5 nitrogen and oxygen atoms in total. The number of hydrogen-bond donors (Lipinski definition) is 2. The number of carbonyl (C=O) groups excluding carboxylic acids is 1. The summed E-state index contributed by atoms with van der Waals surface area (Å²) in [7, 11) is 3.30. The number of halogens is 2. The highest BCUT2D eigenvalue weighted by Crippen LogP contribution is 2.26. The fraction of sp³-hybridized carbons (Fsp3) is 0.333. The van der Waals surface area contributed by atoms with E-state index >= 15 is 0 Å². The van der Waals surface area contributed by atoms with Crippen LogP contribution in [-0.4, -0.2) is 43.3 Å². The molecule has 0 saturated carbocycles. The number of methoxy groups -OCH3 is 1. The van der Waals surface area contributed by atoms with Gasteiger partial charge in [0.1, 0.15) is 0 Å². The Morgan fingerprint density at radius 1 is 1.43 bits per heavy atom. The molecule has 8 heteroatoms. The quantitative estimate of drug-likeness (QED) is 0.346. The molecular weight excluding hydrogens is 357 g/mol. The normalized spacial score (nSPS) is 10.6. The summed E-state index contributed by atoms with van der Waals surface area (Å²) in [6.07, 6.45) is 3.78. The number of amides is 1. The number of nitrogens with one attached hydrogen (secondary N) is 2. The van der Waals surface area contributed by atoms with E-state index in [4.69, 9.17) is 40.2 Å². The molecule has 0 aliphatic heterocycles. The maximum absolute atomic E-state index is 11.9. The van der Waals surface area contributed by atoms with E-state index < -0.39 is 0 Å². The number of hydrazine groups is 1. The van der Waals surface area contributed by atoms with Crippen molar-refractivity contribution in [3.8, 4) is 0 Å². The first kappa shape index (κ1) is 19.7. The van der Waals surface area contributed by atoms with Gasteiger partial charge in [-0.1, -0.05) is 35.3 Å². The summed E-state index contributed by atoms with van der Waals surface area (Å²) in [5.41, 5.74) is 3.29. The van der Waals surface area contributed by atoms with Crippen molar-refractivity contribution in [2.75, 3.05) is 27.3 Å². The van der Waals surface area contributed by atoms with Crippen molar-refractivity contribution in [1.29, 1.82) is 0 Å². The summed E-state index contributed by atoms with van der Waals surface area (Å²) >= 11 is 17.1. The first-order valence-corrected chi connectivity index (χ1v) is 8.05. The van der Waals surface area contributed by atoms with Gasteiger partial charge in [0.25, 0.3) is 5.91 Å². The van der Waals surface area contributed by atoms with Gasteiger partial charge >= 0.3 is 0 Å². The molecule has 0 aliphatic rings. The Morgan fingerprint density at radius 3 is 2.87 bits per heavy atom. The lowest BCUT2D eigenvalue weighted by Gasteiger charge is -2.20. The average molecular weight is 376 g/mol. The van der Waals surface area contributed by atoms with Crippen LogP contribution < -0.4 is 10.7 Å². The van der Waals surface area contributed by atoms with Gasteiger partial charge in [0.2, 0.25) is 0 Å². The third-order valence-electron chi connectivity index (χ3n) is 2.78. The Bertz CT molecular complexity index is 582. The van der Waals surface area contributed by atoms with Crippen molar-refractivity contribution < 1.29 is 9.53 Å². The molecule has 0 aliphatic carbocycles. The van der Waals surface area contributed by atoms with Crippen molar-refractivity contribution in [1.82, 2.24) is 15.8 Å². The van der Waals surface area contributed by atoms with Crippen molar-refractivity contribution in [3.05, 3.63) is 39.9 Å². The standard InChI is InChI=1S/C15H19Cl2N3O2S/c1-20(15(23)18-9-4-10-22-2)19-13(21)8-7-11-5-3-6-12(16)14(11)17/h3,5-8H,4,9-10H2,1-2H3,(H,18,23)(H,19,21)/b8-7+. The second-order valence-electron chi connectivity index (χ2n) is 4.59. The van der Waals surface area contributed by atoms with Gasteiger partial charge in [-0.2, -0.15) is 0 Å². The van der Waals surface area contributed by atoms with Crippen LogP contribution in [0.15, 0.2) is 24.3 Å². The molecule has 0 atom stereocenters. The summed E-state index contributed by atoms with van der Waals surface area (Å²) < 4.78 is 4.94. The van der Waals surface area contributed by atoms with E-state index in [1.165, 1.54) is 11.1 Å². The second-order valence-corrected chi connectivity index (χ2v) is 5.76. The Hall–Kier alpha value is -1.34. The fourth-order valence-electron chi connectivity index (χ4n) is 1.60. The van der Waals surface area contributed by atoms with Crippen LogP contribution in [0.2, 0.25) is 10.0 Å². The third-order valence-corrected chi connectivity index (χ3v) is 4.03. The molecule has 1 aromatic rings. The van der Waals surface area contributed by atoms with Crippen LogP contribution in [0.5, 0.6) is 0 Å². The zero-order valence-electron chi connectivity index (χ0n) is 12.9. The molecule has 0 saturated heterocycles. The lowest BCUT2D eigenvalue weighted by atomic mass is 10.2. The monoisotopic (exact) mass is 375 g/mol. The first-order chi connectivity index (χ1) is 11.0. The van der Waals surface area contributed by atoms with E-state index in [1.54, 1.807) is 38.4 Å². The van der Waals surface area contributed by atoms with Gasteiger partial charge < -0.3 is 10.1 Å². The maximum Gasteiger partial charge on any atom is 0.262 e. The number of nitrogens with zero attached hydrogens (tertiary/aromatic N) is 1. The molecule has 0 bridgehead atoms. The van der Waals surface area contributed by atoms with Gasteiger partial charge in [0.15, 0.2) is 5.11 Å². The topological polar surface area (TPSA) is 53.6 Å². The highest BCUT2D eigenvalue weighted by Gasteiger charge is 2.06. The first-order valence-electron chi connectivity index (χ1n) is 6.89. The Kier molecular flexibility index (Phi) is 8.94. The SMILES string of the molecule is COCCCNC(=S)N(C)NC(=O)/C=C/c1cccc(Cl)c1Cl. The molecule has 0 fully saturated rings. The molecule has 0 radical (unpaired) electrons. The van der Waals surface area contributed by atoms with Gasteiger partial charge in [0, 0.05) is 33.4 Å².